The number of aliphatic carboxylic acids is 1. The van der Waals surface area contributed by atoms with E-state index in [-0.39, 0.29) is 0 Å². The smallest absolute Gasteiger partial charge is 0.323 e. The normalized spacial score (nSPS) is 26.4. The van der Waals surface area contributed by atoms with Gasteiger partial charge < -0.3 is 15.3 Å². The lowest BCUT2D eigenvalue weighted by molar-refractivity contribution is -0.144. The number of carboxylic acid groups (broad SMARTS) is 1. The monoisotopic (exact) mass is 284 g/mol. The molecule has 1 fully saturated rings. The third kappa shape index (κ3) is 5.06. The summed E-state index contributed by atoms with van der Waals surface area (Å²) in [6, 6.07) is 0.628. The Kier molecular flexibility index (Phi) is 6.96. The van der Waals surface area contributed by atoms with E-state index in [0.717, 1.165) is 25.4 Å². The fraction of sp³-hybridized carbons (Fsp3) is 0.938. The molecular weight excluding hydrogens is 252 g/mol. The van der Waals surface area contributed by atoms with Crippen LogP contribution in [0.5, 0.6) is 0 Å². The van der Waals surface area contributed by atoms with Gasteiger partial charge in [0.1, 0.15) is 5.54 Å². The summed E-state index contributed by atoms with van der Waals surface area (Å²) in [5.41, 5.74) is -0.801. The maximum absolute atomic E-state index is 11.5. The van der Waals surface area contributed by atoms with E-state index in [4.69, 9.17) is 0 Å². The van der Waals surface area contributed by atoms with Crippen LogP contribution in [0.25, 0.3) is 0 Å². The third-order valence-corrected chi connectivity index (χ3v) is 4.73. The van der Waals surface area contributed by atoms with Crippen LogP contribution >= 0.6 is 0 Å². The Hall–Kier alpha value is -0.610. The van der Waals surface area contributed by atoms with E-state index in [1.807, 2.05) is 6.92 Å². The summed E-state index contributed by atoms with van der Waals surface area (Å²) in [5, 5.41) is 12.6. The summed E-state index contributed by atoms with van der Waals surface area (Å²) in [6.45, 7) is 7.79. The van der Waals surface area contributed by atoms with Crippen LogP contribution in [-0.4, -0.2) is 47.7 Å². The third-order valence-electron chi connectivity index (χ3n) is 4.73. The van der Waals surface area contributed by atoms with Gasteiger partial charge in [-0.1, -0.05) is 26.7 Å². The summed E-state index contributed by atoms with van der Waals surface area (Å²) >= 11 is 0. The van der Waals surface area contributed by atoms with Crippen LogP contribution in [0.2, 0.25) is 0 Å². The predicted octanol–water partition coefficient (Wildman–Crippen LogP) is 2.73. The van der Waals surface area contributed by atoms with Gasteiger partial charge in [-0.3, -0.25) is 4.79 Å². The molecule has 0 bridgehead atoms. The Morgan fingerprint density at radius 2 is 2.15 bits per heavy atom. The zero-order chi connectivity index (χ0) is 15.2. The van der Waals surface area contributed by atoms with Crippen molar-refractivity contribution in [3.8, 4) is 0 Å². The molecule has 0 radical (unpaired) electrons. The molecule has 0 heterocycles. The summed E-state index contributed by atoms with van der Waals surface area (Å²) < 4.78 is 0. The second-order valence-electron chi connectivity index (χ2n) is 6.72. The summed E-state index contributed by atoms with van der Waals surface area (Å²) in [6.07, 6.45) is 6.77. The minimum atomic E-state index is -0.801. The quantitative estimate of drug-likeness (QED) is 0.719. The highest BCUT2D eigenvalue weighted by molar-refractivity contribution is 5.78. The molecule has 0 saturated heterocycles. The maximum Gasteiger partial charge on any atom is 0.323 e. The van der Waals surface area contributed by atoms with Crippen molar-refractivity contribution >= 4 is 5.97 Å². The average Bonchev–Trinajstić information content (AvgIpc) is 2.42. The van der Waals surface area contributed by atoms with Crippen LogP contribution in [0, 0.1) is 5.92 Å². The summed E-state index contributed by atoms with van der Waals surface area (Å²) in [7, 11) is 2.14. The fourth-order valence-corrected chi connectivity index (χ4v) is 3.06. The van der Waals surface area contributed by atoms with Gasteiger partial charge in [-0.2, -0.15) is 0 Å². The van der Waals surface area contributed by atoms with Gasteiger partial charge >= 0.3 is 5.97 Å². The number of rotatable bonds is 8. The molecule has 118 valence electrons. The van der Waals surface area contributed by atoms with Gasteiger partial charge in [0, 0.05) is 12.6 Å². The van der Waals surface area contributed by atoms with Gasteiger partial charge in [-0.05, 0) is 52.1 Å². The molecule has 1 saturated carbocycles. The SMILES string of the molecule is CCCNC(C)(CCN(C)C1CCCC(C)C1)C(=O)O. The van der Waals surface area contributed by atoms with Crippen LogP contribution in [0.3, 0.4) is 0 Å². The number of carbonyl (C=O) groups is 1. The molecule has 3 unspecified atom stereocenters. The van der Waals surface area contributed by atoms with E-state index in [2.05, 4.69) is 31.1 Å². The molecule has 4 nitrogen and oxygen atoms in total. The first kappa shape index (κ1) is 17.4. The van der Waals surface area contributed by atoms with Gasteiger partial charge in [0.2, 0.25) is 0 Å². The molecular formula is C16H32N2O2. The fourth-order valence-electron chi connectivity index (χ4n) is 3.06. The molecule has 3 atom stereocenters. The summed E-state index contributed by atoms with van der Waals surface area (Å²) in [4.78, 5) is 13.9. The van der Waals surface area contributed by atoms with Gasteiger partial charge in [0.25, 0.3) is 0 Å². The zero-order valence-corrected chi connectivity index (χ0v) is 13.6. The number of carboxylic acids is 1. The van der Waals surface area contributed by atoms with Crippen molar-refractivity contribution in [3.05, 3.63) is 0 Å². The van der Waals surface area contributed by atoms with Crippen LogP contribution < -0.4 is 5.32 Å². The standard InChI is InChI=1S/C16H32N2O2/c1-5-10-17-16(3,15(19)20)9-11-18(4)14-8-6-7-13(2)12-14/h13-14,17H,5-12H2,1-4H3,(H,19,20). The van der Waals surface area contributed by atoms with Crippen LogP contribution in [0.1, 0.15) is 59.3 Å². The molecule has 0 aromatic carbocycles. The number of nitrogens with one attached hydrogen (secondary N) is 1. The van der Waals surface area contributed by atoms with Crippen molar-refractivity contribution in [2.45, 2.75) is 70.9 Å². The average molecular weight is 284 g/mol. The van der Waals surface area contributed by atoms with E-state index in [0.29, 0.717) is 12.5 Å². The highest BCUT2D eigenvalue weighted by atomic mass is 16.4. The van der Waals surface area contributed by atoms with E-state index < -0.39 is 11.5 Å². The predicted molar refractivity (Wildman–Crippen MR) is 83.0 cm³/mol. The molecule has 0 aliphatic heterocycles. The van der Waals surface area contributed by atoms with E-state index in [1.165, 1.54) is 25.7 Å². The first-order valence-electron chi connectivity index (χ1n) is 8.07. The highest BCUT2D eigenvalue weighted by Crippen LogP contribution is 2.27. The van der Waals surface area contributed by atoms with Crippen molar-refractivity contribution in [2.75, 3.05) is 20.1 Å². The zero-order valence-electron chi connectivity index (χ0n) is 13.6. The number of hydrogen-bond acceptors (Lipinski definition) is 3. The summed E-state index contributed by atoms with van der Waals surface area (Å²) in [5.74, 6) is 0.0663. The minimum absolute atomic E-state index is 0.628. The van der Waals surface area contributed by atoms with Gasteiger partial charge in [0.15, 0.2) is 0 Å². The Morgan fingerprint density at radius 1 is 1.45 bits per heavy atom. The van der Waals surface area contributed by atoms with Gasteiger partial charge in [-0.25, -0.2) is 0 Å². The Labute approximate surface area is 123 Å². The molecule has 1 aliphatic rings. The lowest BCUT2D eigenvalue weighted by Crippen LogP contribution is -2.52. The lowest BCUT2D eigenvalue weighted by Gasteiger charge is -2.36. The second kappa shape index (κ2) is 7.99. The second-order valence-corrected chi connectivity index (χ2v) is 6.72. The van der Waals surface area contributed by atoms with Crippen molar-refractivity contribution in [3.63, 3.8) is 0 Å². The van der Waals surface area contributed by atoms with E-state index in [9.17, 15) is 9.90 Å². The lowest BCUT2D eigenvalue weighted by atomic mass is 9.86. The molecule has 1 aliphatic carbocycles. The van der Waals surface area contributed by atoms with Crippen LogP contribution in [0.4, 0.5) is 0 Å². The largest absolute Gasteiger partial charge is 0.480 e. The van der Waals surface area contributed by atoms with E-state index in [1.54, 1.807) is 0 Å². The van der Waals surface area contributed by atoms with Crippen molar-refractivity contribution in [1.82, 2.24) is 10.2 Å². The molecule has 0 aromatic rings. The number of hydrogen-bond donors (Lipinski definition) is 2. The van der Waals surface area contributed by atoms with Crippen molar-refractivity contribution < 1.29 is 9.90 Å². The Morgan fingerprint density at radius 3 is 2.70 bits per heavy atom. The molecule has 2 N–H and O–H groups in total. The first-order valence-corrected chi connectivity index (χ1v) is 8.07. The number of nitrogens with zero attached hydrogens (tertiary/aromatic N) is 1. The molecule has 20 heavy (non-hydrogen) atoms. The molecule has 0 amide bonds. The van der Waals surface area contributed by atoms with Gasteiger partial charge in [-0.15, -0.1) is 0 Å². The Balaban J connectivity index is 2.47. The molecule has 1 rings (SSSR count). The minimum Gasteiger partial charge on any atom is -0.480 e. The highest BCUT2D eigenvalue weighted by Gasteiger charge is 2.33. The van der Waals surface area contributed by atoms with Gasteiger partial charge in [0.05, 0.1) is 0 Å². The molecule has 0 aromatic heterocycles. The maximum atomic E-state index is 11.5. The van der Waals surface area contributed by atoms with Crippen molar-refractivity contribution in [2.24, 2.45) is 5.92 Å². The topological polar surface area (TPSA) is 52.6 Å². The van der Waals surface area contributed by atoms with Crippen molar-refractivity contribution in [1.29, 1.82) is 0 Å². The Bertz CT molecular complexity index is 309. The molecule has 4 heteroatoms. The first-order chi connectivity index (χ1) is 9.39. The molecule has 0 spiro atoms. The van der Waals surface area contributed by atoms with Crippen LogP contribution in [-0.2, 0) is 4.79 Å². The van der Waals surface area contributed by atoms with Crippen LogP contribution in [0.15, 0.2) is 0 Å². The van der Waals surface area contributed by atoms with E-state index >= 15 is 0 Å².